The SMILES string of the molecule is COC[C@]1(C(=O)N2CCN(c3cc(C(F)(F)F)ccn3)CC2)CC[C@@H](N[C@H]2CCOC[C@H]2OC)C1. The number of amides is 1. The second-order valence-corrected chi connectivity index (χ2v) is 9.74. The normalized spacial score (nSPS) is 30.0. The van der Waals surface area contributed by atoms with Crippen LogP contribution in [-0.4, -0.2) is 94.2 Å². The smallest absolute Gasteiger partial charge is 0.384 e. The molecule has 1 amide bonds. The van der Waals surface area contributed by atoms with Crippen LogP contribution in [0.25, 0.3) is 0 Å². The highest BCUT2D eigenvalue weighted by Gasteiger charge is 2.48. The monoisotopic (exact) mass is 500 g/mol. The molecule has 0 unspecified atom stereocenters. The summed E-state index contributed by atoms with van der Waals surface area (Å²) in [4.78, 5) is 21.4. The second kappa shape index (κ2) is 11.0. The number of halogens is 3. The van der Waals surface area contributed by atoms with Gasteiger partial charge in [-0.1, -0.05) is 0 Å². The maximum atomic E-state index is 13.7. The number of methoxy groups -OCH3 is 2. The zero-order valence-corrected chi connectivity index (χ0v) is 20.4. The molecule has 8 nitrogen and oxygen atoms in total. The first-order valence-electron chi connectivity index (χ1n) is 12.2. The molecule has 4 rings (SSSR count). The molecule has 1 aromatic heterocycles. The number of rotatable bonds is 7. The summed E-state index contributed by atoms with van der Waals surface area (Å²) in [5.41, 5.74) is -1.32. The molecule has 4 atom stereocenters. The largest absolute Gasteiger partial charge is 0.416 e. The molecule has 11 heteroatoms. The Hall–Kier alpha value is -1.95. The summed E-state index contributed by atoms with van der Waals surface area (Å²) < 4.78 is 55.8. The molecule has 0 bridgehead atoms. The van der Waals surface area contributed by atoms with Crippen LogP contribution >= 0.6 is 0 Å². The van der Waals surface area contributed by atoms with Crippen LogP contribution in [0.15, 0.2) is 18.3 Å². The topological polar surface area (TPSA) is 76.2 Å². The maximum absolute atomic E-state index is 13.7. The van der Waals surface area contributed by atoms with Crippen LogP contribution in [0.1, 0.15) is 31.2 Å². The lowest BCUT2D eigenvalue weighted by Crippen LogP contribution is -2.55. The highest BCUT2D eigenvalue weighted by molar-refractivity contribution is 5.83. The number of nitrogens with zero attached hydrogens (tertiary/aromatic N) is 3. The number of pyridine rings is 1. The Kier molecular flexibility index (Phi) is 8.19. The molecule has 2 saturated heterocycles. The van der Waals surface area contributed by atoms with Crippen molar-refractivity contribution in [3.63, 3.8) is 0 Å². The Morgan fingerprint density at radius 3 is 2.71 bits per heavy atom. The van der Waals surface area contributed by atoms with E-state index in [0.29, 0.717) is 52.4 Å². The Labute approximate surface area is 204 Å². The van der Waals surface area contributed by atoms with Gasteiger partial charge in [0.1, 0.15) is 5.82 Å². The van der Waals surface area contributed by atoms with Crippen molar-refractivity contribution in [2.45, 2.75) is 50.0 Å². The van der Waals surface area contributed by atoms with Crippen LogP contribution in [0.2, 0.25) is 0 Å². The van der Waals surface area contributed by atoms with Crippen LogP contribution in [0.3, 0.4) is 0 Å². The summed E-state index contributed by atoms with van der Waals surface area (Å²) in [7, 11) is 3.31. The van der Waals surface area contributed by atoms with E-state index in [1.165, 1.54) is 6.20 Å². The van der Waals surface area contributed by atoms with E-state index in [0.717, 1.165) is 31.4 Å². The van der Waals surface area contributed by atoms with Crippen LogP contribution < -0.4 is 10.2 Å². The number of aromatic nitrogens is 1. The lowest BCUT2D eigenvalue weighted by molar-refractivity contribution is -0.145. The minimum Gasteiger partial charge on any atom is -0.384 e. The van der Waals surface area contributed by atoms with Crippen molar-refractivity contribution < 1.29 is 32.2 Å². The Morgan fingerprint density at radius 1 is 1.26 bits per heavy atom. The lowest BCUT2D eigenvalue weighted by Gasteiger charge is -2.40. The summed E-state index contributed by atoms with van der Waals surface area (Å²) >= 11 is 0. The summed E-state index contributed by atoms with van der Waals surface area (Å²) in [6.45, 7) is 3.34. The quantitative estimate of drug-likeness (QED) is 0.616. The third kappa shape index (κ3) is 5.90. The first-order chi connectivity index (χ1) is 16.8. The lowest BCUT2D eigenvalue weighted by atomic mass is 9.84. The van der Waals surface area contributed by atoms with Gasteiger partial charge in [-0.3, -0.25) is 4.79 Å². The van der Waals surface area contributed by atoms with E-state index in [1.807, 2.05) is 4.90 Å². The van der Waals surface area contributed by atoms with Gasteiger partial charge in [-0.05, 0) is 37.8 Å². The van der Waals surface area contributed by atoms with E-state index < -0.39 is 17.2 Å². The van der Waals surface area contributed by atoms with Crippen molar-refractivity contribution in [3.05, 3.63) is 23.9 Å². The molecule has 3 heterocycles. The van der Waals surface area contributed by atoms with E-state index in [2.05, 4.69) is 10.3 Å². The molecule has 0 radical (unpaired) electrons. The molecule has 1 N–H and O–H groups in total. The first-order valence-corrected chi connectivity index (χ1v) is 12.2. The fourth-order valence-corrected chi connectivity index (χ4v) is 5.61. The molecule has 2 aliphatic heterocycles. The van der Waals surface area contributed by atoms with E-state index >= 15 is 0 Å². The number of ether oxygens (including phenoxy) is 3. The van der Waals surface area contributed by atoms with Gasteiger partial charge in [0.2, 0.25) is 5.91 Å². The number of hydrogen-bond donors (Lipinski definition) is 1. The zero-order valence-electron chi connectivity index (χ0n) is 20.4. The molecular weight excluding hydrogens is 465 g/mol. The molecule has 3 fully saturated rings. The summed E-state index contributed by atoms with van der Waals surface area (Å²) in [5, 5.41) is 3.70. The zero-order chi connectivity index (χ0) is 25.1. The van der Waals surface area contributed by atoms with Crippen molar-refractivity contribution >= 4 is 11.7 Å². The number of piperazine rings is 1. The van der Waals surface area contributed by atoms with E-state index in [1.54, 1.807) is 19.1 Å². The van der Waals surface area contributed by atoms with E-state index in [4.69, 9.17) is 14.2 Å². The molecule has 0 aromatic carbocycles. The van der Waals surface area contributed by atoms with Crippen molar-refractivity contribution in [2.24, 2.45) is 5.41 Å². The third-order valence-corrected chi connectivity index (χ3v) is 7.50. The third-order valence-electron chi connectivity index (χ3n) is 7.50. The van der Waals surface area contributed by atoms with Gasteiger partial charge < -0.3 is 29.3 Å². The minimum atomic E-state index is -4.41. The molecule has 1 aliphatic carbocycles. The number of nitrogens with one attached hydrogen (secondary N) is 1. The van der Waals surface area contributed by atoms with Crippen LogP contribution in [0, 0.1) is 5.41 Å². The number of carbonyl (C=O) groups is 1. The van der Waals surface area contributed by atoms with Gasteiger partial charge >= 0.3 is 6.18 Å². The Bertz CT molecular complexity index is 865. The van der Waals surface area contributed by atoms with Crippen molar-refractivity contribution in [3.8, 4) is 0 Å². The minimum absolute atomic E-state index is 0.00517. The first kappa shape index (κ1) is 26.1. The molecule has 196 valence electrons. The highest BCUT2D eigenvalue weighted by atomic mass is 19.4. The van der Waals surface area contributed by atoms with Crippen LogP contribution in [0.5, 0.6) is 0 Å². The van der Waals surface area contributed by atoms with Gasteiger partial charge in [0.15, 0.2) is 0 Å². The number of anilines is 1. The molecule has 3 aliphatic rings. The van der Waals surface area contributed by atoms with Crippen molar-refractivity contribution in [1.29, 1.82) is 0 Å². The molecule has 35 heavy (non-hydrogen) atoms. The maximum Gasteiger partial charge on any atom is 0.416 e. The highest BCUT2D eigenvalue weighted by Crippen LogP contribution is 2.41. The molecule has 0 spiro atoms. The number of carbonyl (C=O) groups excluding carboxylic acids is 1. The van der Waals surface area contributed by atoms with Gasteiger partial charge in [0.25, 0.3) is 0 Å². The average molecular weight is 501 g/mol. The summed E-state index contributed by atoms with van der Waals surface area (Å²) in [5.74, 6) is 0.350. The van der Waals surface area contributed by atoms with E-state index in [-0.39, 0.29) is 29.9 Å². The molecule has 1 aromatic rings. The van der Waals surface area contributed by atoms with E-state index in [9.17, 15) is 18.0 Å². The van der Waals surface area contributed by atoms with Crippen LogP contribution in [-0.2, 0) is 25.2 Å². The summed E-state index contributed by atoms with van der Waals surface area (Å²) in [6, 6.07) is 2.42. The van der Waals surface area contributed by atoms with Crippen LogP contribution in [0.4, 0.5) is 19.0 Å². The fourth-order valence-electron chi connectivity index (χ4n) is 5.61. The average Bonchev–Trinajstić information content (AvgIpc) is 3.27. The van der Waals surface area contributed by atoms with Gasteiger partial charge in [0, 0.05) is 65.3 Å². The van der Waals surface area contributed by atoms with Gasteiger partial charge in [-0.25, -0.2) is 4.98 Å². The molecular formula is C24H35F3N4O4. The predicted molar refractivity (Wildman–Crippen MR) is 123 cm³/mol. The van der Waals surface area contributed by atoms with Gasteiger partial charge in [0.05, 0.1) is 30.3 Å². The summed E-state index contributed by atoms with van der Waals surface area (Å²) in [6.07, 6.45) is -0.0848. The fraction of sp³-hybridized carbons (Fsp3) is 0.750. The van der Waals surface area contributed by atoms with Crippen molar-refractivity contribution in [2.75, 3.05) is 65.1 Å². The van der Waals surface area contributed by atoms with Crippen molar-refractivity contribution in [1.82, 2.24) is 15.2 Å². The van der Waals surface area contributed by atoms with Gasteiger partial charge in [-0.15, -0.1) is 0 Å². The number of alkyl halides is 3. The van der Waals surface area contributed by atoms with Gasteiger partial charge in [-0.2, -0.15) is 13.2 Å². The second-order valence-electron chi connectivity index (χ2n) is 9.74. The predicted octanol–water partition coefficient (Wildman–Crippen LogP) is 2.33. The Balaban J connectivity index is 1.37. The standard InChI is InChI=1S/C24H35F3N4O4/c1-33-16-23(6-3-18(14-23)29-19-5-12-35-15-20(19)34-2)22(32)31-10-8-30(9-11-31)21-13-17(4-7-28-21)24(25,26)27/h4,7,13,18-20,29H,3,5-6,8-12,14-16H2,1-2H3/t18-,19+,20-,23+/m1/s1. The Morgan fingerprint density at radius 2 is 2.03 bits per heavy atom. The molecule has 1 saturated carbocycles. The number of hydrogen-bond acceptors (Lipinski definition) is 7.